The number of nitrogens with zero attached hydrogens (tertiary/aromatic N) is 3. The van der Waals surface area contributed by atoms with E-state index in [0.717, 1.165) is 49.9 Å². The number of anilines is 1. The molecule has 1 atom stereocenters. The number of ether oxygens (including phenoxy) is 1. The predicted octanol–water partition coefficient (Wildman–Crippen LogP) is 3.21. The summed E-state index contributed by atoms with van der Waals surface area (Å²) < 4.78 is 25.4. The number of β-amino-alcohol motifs (C(OH)–C–C–N with tert-alkyl or cyclic N) is 1. The number of amides is 1. The SMILES string of the molecule is Cc1ncoc1COc1ccc2c(c1)CCN(C[C@@H](O)CNC(=O)c1cc(NC3CCC3)ncc1F)C2. The quantitative estimate of drug-likeness (QED) is 0.382. The average Bonchev–Trinajstić information content (AvgIpc) is 3.28. The van der Waals surface area contributed by atoms with Crippen LogP contribution >= 0.6 is 0 Å². The van der Waals surface area contributed by atoms with Gasteiger partial charge in [-0.3, -0.25) is 9.69 Å². The van der Waals surface area contributed by atoms with Crippen molar-refractivity contribution in [1.82, 2.24) is 20.2 Å². The van der Waals surface area contributed by atoms with Crippen LogP contribution in [0.15, 0.2) is 41.3 Å². The van der Waals surface area contributed by atoms with E-state index >= 15 is 0 Å². The van der Waals surface area contributed by atoms with Crippen molar-refractivity contribution in [3.63, 3.8) is 0 Å². The van der Waals surface area contributed by atoms with Gasteiger partial charge in [0.1, 0.15) is 18.2 Å². The van der Waals surface area contributed by atoms with E-state index < -0.39 is 17.8 Å². The number of nitrogens with one attached hydrogen (secondary N) is 2. The third-order valence-corrected chi connectivity index (χ3v) is 7.01. The summed E-state index contributed by atoms with van der Waals surface area (Å²) in [7, 11) is 0. The number of oxazole rings is 1. The van der Waals surface area contributed by atoms with E-state index in [4.69, 9.17) is 9.15 Å². The molecule has 0 bridgehead atoms. The van der Waals surface area contributed by atoms with Crippen LogP contribution in [-0.4, -0.2) is 57.7 Å². The summed E-state index contributed by atoms with van der Waals surface area (Å²) in [5.74, 6) is 0.735. The second-order valence-corrected chi connectivity index (χ2v) is 9.75. The normalized spacial score (nSPS) is 16.5. The number of rotatable bonds is 10. The second-order valence-electron chi connectivity index (χ2n) is 9.75. The van der Waals surface area contributed by atoms with Gasteiger partial charge in [0.2, 0.25) is 0 Å². The Kier molecular flexibility index (Phi) is 7.66. The molecular weight excluding hydrogens is 477 g/mol. The van der Waals surface area contributed by atoms with Crippen LogP contribution in [-0.2, 0) is 19.6 Å². The summed E-state index contributed by atoms with van der Waals surface area (Å²) in [5.41, 5.74) is 3.13. The molecule has 0 spiro atoms. The molecule has 3 aromatic rings. The molecule has 1 amide bonds. The average molecular weight is 510 g/mol. The maximum atomic E-state index is 14.2. The number of aliphatic hydroxyl groups is 1. The van der Waals surface area contributed by atoms with Gasteiger partial charge in [-0.15, -0.1) is 0 Å². The predicted molar refractivity (Wildman–Crippen MR) is 135 cm³/mol. The Bertz CT molecular complexity index is 1250. The third-order valence-electron chi connectivity index (χ3n) is 7.01. The zero-order valence-corrected chi connectivity index (χ0v) is 20.9. The van der Waals surface area contributed by atoms with Crippen LogP contribution in [0.4, 0.5) is 10.2 Å². The number of aryl methyl sites for hydroxylation is 1. The van der Waals surface area contributed by atoms with Crippen molar-refractivity contribution >= 4 is 11.7 Å². The zero-order valence-electron chi connectivity index (χ0n) is 20.9. The Labute approximate surface area is 215 Å². The summed E-state index contributed by atoms with van der Waals surface area (Å²) in [4.78, 5) is 22.8. The van der Waals surface area contributed by atoms with Crippen LogP contribution in [0.2, 0.25) is 0 Å². The highest BCUT2D eigenvalue weighted by Gasteiger charge is 2.22. The van der Waals surface area contributed by atoms with Gasteiger partial charge < -0.3 is 24.9 Å². The Morgan fingerprint density at radius 3 is 2.92 bits per heavy atom. The van der Waals surface area contributed by atoms with Gasteiger partial charge in [0.15, 0.2) is 18.0 Å². The molecule has 1 fully saturated rings. The number of aromatic nitrogens is 2. The van der Waals surface area contributed by atoms with Gasteiger partial charge in [-0.2, -0.15) is 0 Å². The number of hydrogen-bond donors (Lipinski definition) is 3. The molecule has 1 aliphatic carbocycles. The van der Waals surface area contributed by atoms with Crippen molar-refractivity contribution in [2.75, 3.05) is 25.0 Å². The molecule has 3 heterocycles. The molecule has 2 aliphatic rings. The van der Waals surface area contributed by atoms with Gasteiger partial charge in [0.25, 0.3) is 5.91 Å². The number of halogens is 1. The first kappa shape index (κ1) is 25.2. The number of benzene rings is 1. The fourth-order valence-electron chi connectivity index (χ4n) is 4.57. The maximum absolute atomic E-state index is 14.2. The number of fused-ring (bicyclic) bond motifs is 1. The van der Waals surface area contributed by atoms with E-state index in [2.05, 4.69) is 25.5 Å². The van der Waals surface area contributed by atoms with Gasteiger partial charge in [-0.1, -0.05) is 6.07 Å². The van der Waals surface area contributed by atoms with Crippen molar-refractivity contribution < 1.29 is 23.4 Å². The van der Waals surface area contributed by atoms with E-state index in [9.17, 15) is 14.3 Å². The van der Waals surface area contributed by atoms with Crippen molar-refractivity contribution in [1.29, 1.82) is 0 Å². The zero-order chi connectivity index (χ0) is 25.8. The third kappa shape index (κ3) is 6.26. The maximum Gasteiger partial charge on any atom is 0.254 e. The summed E-state index contributed by atoms with van der Waals surface area (Å²) in [6, 6.07) is 7.78. The molecule has 196 valence electrons. The minimum atomic E-state index is -0.782. The lowest BCUT2D eigenvalue weighted by Crippen LogP contribution is -2.42. The Hall–Kier alpha value is -3.50. The Balaban J connectivity index is 1.09. The largest absolute Gasteiger partial charge is 0.486 e. The molecule has 5 rings (SSSR count). The highest BCUT2D eigenvalue weighted by atomic mass is 19.1. The second kappa shape index (κ2) is 11.3. The number of pyridine rings is 1. The van der Waals surface area contributed by atoms with Crippen LogP contribution < -0.4 is 15.4 Å². The van der Waals surface area contributed by atoms with Crippen molar-refractivity contribution in [2.45, 2.75) is 57.9 Å². The van der Waals surface area contributed by atoms with Crippen LogP contribution in [0.25, 0.3) is 0 Å². The molecule has 1 saturated carbocycles. The van der Waals surface area contributed by atoms with Crippen LogP contribution in [0.3, 0.4) is 0 Å². The van der Waals surface area contributed by atoms with Crippen LogP contribution in [0.1, 0.15) is 52.2 Å². The molecule has 1 aliphatic heterocycles. The molecule has 2 aromatic heterocycles. The lowest BCUT2D eigenvalue weighted by molar-refractivity contribution is 0.0838. The molecule has 10 heteroatoms. The van der Waals surface area contributed by atoms with Crippen molar-refractivity contribution in [3.05, 3.63) is 70.8 Å². The lowest BCUT2D eigenvalue weighted by atomic mass is 9.93. The highest BCUT2D eigenvalue weighted by molar-refractivity contribution is 5.95. The first-order valence-electron chi connectivity index (χ1n) is 12.7. The smallest absolute Gasteiger partial charge is 0.254 e. The van der Waals surface area contributed by atoms with E-state index in [1.165, 1.54) is 23.6 Å². The molecule has 37 heavy (non-hydrogen) atoms. The molecule has 0 radical (unpaired) electrons. The summed E-state index contributed by atoms with van der Waals surface area (Å²) in [5, 5.41) is 16.4. The number of aliphatic hydroxyl groups excluding tert-OH is 1. The number of hydrogen-bond acceptors (Lipinski definition) is 8. The first-order valence-corrected chi connectivity index (χ1v) is 12.7. The van der Waals surface area contributed by atoms with Crippen LogP contribution in [0, 0.1) is 12.7 Å². The molecule has 9 nitrogen and oxygen atoms in total. The molecular formula is C27H32FN5O4. The summed E-state index contributed by atoms with van der Waals surface area (Å²) in [6.07, 6.45) is 5.77. The van der Waals surface area contributed by atoms with E-state index in [-0.39, 0.29) is 12.1 Å². The standard InChI is InChI=1S/C27H32FN5O4/c1-17-25(37-16-31-17)15-36-22-6-5-19-13-33(8-7-18(19)9-22)14-21(34)11-30-27(35)23-10-26(29-12-24(23)28)32-20-3-2-4-20/h5-6,9-10,12,16,20-21,34H,2-4,7-8,11,13-15H2,1H3,(H,29,32)(H,30,35)/t21-/m0/s1. The summed E-state index contributed by atoms with van der Waals surface area (Å²) in [6.45, 7) is 4.11. The molecule has 1 aromatic carbocycles. The van der Waals surface area contributed by atoms with Crippen molar-refractivity contribution in [3.8, 4) is 5.75 Å². The topological polar surface area (TPSA) is 113 Å². The Morgan fingerprint density at radius 2 is 2.16 bits per heavy atom. The Morgan fingerprint density at radius 1 is 1.30 bits per heavy atom. The van der Waals surface area contributed by atoms with Gasteiger partial charge in [-0.05, 0) is 61.9 Å². The molecule has 3 N–H and O–H groups in total. The number of carbonyl (C=O) groups excluding carboxylic acids is 1. The minimum Gasteiger partial charge on any atom is -0.486 e. The van der Waals surface area contributed by atoms with Crippen molar-refractivity contribution in [2.24, 2.45) is 0 Å². The minimum absolute atomic E-state index is 0.0309. The van der Waals surface area contributed by atoms with Gasteiger partial charge in [0, 0.05) is 32.2 Å². The lowest BCUT2D eigenvalue weighted by Gasteiger charge is -2.30. The van der Waals surface area contributed by atoms with E-state index in [1.54, 1.807) is 0 Å². The molecule has 0 unspecified atom stereocenters. The van der Waals surface area contributed by atoms with E-state index in [1.807, 2.05) is 25.1 Å². The van der Waals surface area contributed by atoms with Gasteiger partial charge >= 0.3 is 0 Å². The van der Waals surface area contributed by atoms with Gasteiger partial charge in [0.05, 0.1) is 23.6 Å². The van der Waals surface area contributed by atoms with Crippen LogP contribution in [0.5, 0.6) is 5.75 Å². The fraction of sp³-hybridized carbons (Fsp3) is 0.444. The fourth-order valence-corrected chi connectivity index (χ4v) is 4.57. The summed E-state index contributed by atoms with van der Waals surface area (Å²) >= 11 is 0. The highest BCUT2D eigenvalue weighted by Crippen LogP contribution is 2.25. The van der Waals surface area contributed by atoms with E-state index in [0.29, 0.717) is 37.3 Å². The van der Waals surface area contributed by atoms with Gasteiger partial charge in [-0.25, -0.2) is 14.4 Å². The first-order chi connectivity index (χ1) is 17.9. The molecule has 0 saturated heterocycles. The monoisotopic (exact) mass is 509 g/mol. The number of carbonyl (C=O) groups is 1.